The molecule has 0 atom stereocenters. The van der Waals surface area contributed by atoms with Gasteiger partial charge >= 0.3 is 5.97 Å². The lowest BCUT2D eigenvalue weighted by atomic mass is 10.3. The molecular weight excluding hydrogens is 317 g/mol. The van der Waals surface area contributed by atoms with E-state index in [2.05, 4.69) is 20.9 Å². The number of ether oxygens (including phenoxy) is 1. The molecule has 7 heteroatoms. The van der Waals surface area contributed by atoms with Crippen LogP contribution in [0.5, 0.6) is 0 Å². The number of aromatic nitrogens is 2. The summed E-state index contributed by atoms with van der Waals surface area (Å²) in [5, 5.41) is 0. The van der Waals surface area contributed by atoms with Crippen LogP contribution in [0.3, 0.4) is 0 Å². The van der Waals surface area contributed by atoms with Gasteiger partial charge in [0.25, 0.3) is 0 Å². The van der Waals surface area contributed by atoms with Crippen LogP contribution in [0, 0.1) is 5.82 Å². The fourth-order valence-electron chi connectivity index (χ4n) is 1.58. The number of benzene rings is 1. The maximum Gasteiger partial charge on any atom is 0.360 e. The van der Waals surface area contributed by atoms with Crippen molar-refractivity contribution in [1.82, 2.24) is 9.55 Å². The summed E-state index contributed by atoms with van der Waals surface area (Å²) in [4.78, 5) is 15.5. The second-order valence-corrected chi connectivity index (χ2v) is 4.52. The first-order valence-electron chi connectivity index (χ1n) is 5.50. The van der Waals surface area contributed by atoms with Crippen molar-refractivity contribution < 1.29 is 13.9 Å². The summed E-state index contributed by atoms with van der Waals surface area (Å²) in [6.07, 6.45) is 1.35. The first-order valence-corrected chi connectivity index (χ1v) is 6.29. The van der Waals surface area contributed by atoms with Gasteiger partial charge in [0, 0.05) is 4.47 Å². The maximum atomic E-state index is 13.3. The molecular formula is C12H11BrFN3O2. The van der Waals surface area contributed by atoms with Crippen molar-refractivity contribution in [2.45, 2.75) is 6.92 Å². The van der Waals surface area contributed by atoms with Crippen LogP contribution in [0.2, 0.25) is 0 Å². The van der Waals surface area contributed by atoms with Gasteiger partial charge in [-0.05, 0) is 41.1 Å². The Hall–Kier alpha value is -1.89. The molecule has 0 spiro atoms. The van der Waals surface area contributed by atoms with Crippen LogP contribution in [-0.4, -0.2) is 22.1 Å². The fraction of sp³-hybridized carbons (Fsp3) is 0.167. The molecule has 0 aliphatic carbocycles. The number of rotatable bonds is 3. The molecule has 2 aromatic rings. The van der Waals surface area contributed by atoms with Crippen LogP contribution >= 0.6 is 15.9 Å². The van der Waals surface area contributed by atoms with Gasteiger partial charge in [-0.2, -0.15) is 0 Å². The number of nitrogens with zero attached hydrogens (tertiary/aromatic N) is 2. The lowest BCUT2D eigenvalue weighted by Gasteiger charge is -2.08. The lowest BCUT2D eigenvalue weighted by molar-refractivity contribution is 0.0521. The largest absolute Gasteiger partial charge is 0.461 e. The van der Waals surface area contributed by atoms with E-state index in [0.717, 1.165) is 0 Å². The molecule has 0 aliphatic rings. The number of esters is 1. The van der Waals surface area contributed by atoms with Crippen molar-refractivity contribution >= 4 is 27.7 Å². The summed E-state index contributed by atoms with van der Waals surface area (Å²) in [6.45, 7) is 1.92. The van der Waals surface area contributed by atoms with Gasteiger partial charge in [0.05, 0.1) is 12.3 Å². The van der Waals surface area contributed by atoms with Crippen molar-refractivity contribution in [2.24, 2.45) is 0 Å². The van der Waals surface area contributed by atoms with E-state index >= 15 is 0 Å². The monoisotopic (exact) mass is 327 g/mol. The Morgan fingerprint density at radius 3 is 3.00 bits per heavy atom. The van der Waals surface area contributed by atoms with Gasteiger partial charge in [-0.3, -0.25) is 4.57 Å². The van der Waals surface area contributed by atoms with Crippen molar-refractivity contribution in [2.75, 3.05) is 12.3 Å². The minimum atomic E-state index is -0.605. The molecule has 19 heavy (non-hydrogen) atoms. The van der Waals surface area contributed by atoms with Gasteiger partial charge in [-0.25, -0.2) is 14.2 Å². The van der Waals surface area contributed by atoms with Crippen LogP contribution < -0.4 is 5.73 Å². The third kappa shape index (κ3) is 2.60. The Balaban J connectivity index is 2.47. The van der Waals surface area contributed by atoms with Crippen molar-refractivity contribution in [1.29, 1.82) is 0 Å². The third-order valence-corrected chi connectivity index (χ3v) is 3.11. The highest BCUT2D eigenvalue weighted by Crippen LogP contribution is 2.25. The van der Waals surface area contributed by atoms with Crippen LogP contribution in [-0.2, 0) is 4.74 Å². The zero-order valence-electron chi connectivity index (χ0n) is 10.1. The number of hydrogen-bond donors (Lipinski definition) is 1. The Morgan fingerprint density at radius 2 is 2.32 bits per heavy atom. The highest BCUT2D eigenvalue weighted by atomic mass is 79.9. The second kappa shape index (κ2) is 5.40. The van der Waals surface area contributed by atoms with E-state index in [1.54, 1.807) is 13.0 Å². The van der Waals surface area contributed by atoms with Gasteiger partial charge in [0.2, 0.25) is 0 Å². The average Bonchev–Trinajstić information content (AvgIpc) is 2.74. The van der Waals surface area contributed by atoms with E-state index in [0.29, 0.717) is 10.2 Å². The first kappa shape index (κ1) is 13.5. The van der Waals surface area contributed by atoms with Crippen LogP contribution in [0.4, 0.5) is 10.2 Å². The molecule has 0 unspecified atom stereocenters. The molecule has 0 aliphatic heterocycles. The van der Waals surface area contributed by atoms with Crippen LogP contribution in [0.25, 0.3) is 5.69 Å². The van der Waals surface area contributed by atoms with Gasteiger partial charge in [0.15, 0.2) is 5.69 Å². The minimum Gasteiger partial charge on any atom is -0.461 e. The Kier molecular flexibility index (Phi) is 3.84. The normalized spacial score (nSPS) is 10.5. The minimum absolute atomic E-state index is 0.0120. The van der Waals surface area contributed by atoms with Crippen LogP contribution in [0.15, 0.2) is 29.0 Å². The summed E-state index contributed by atoms with van der Waals surface area (Å²) in [5.74, 6) is -0.917. The van der Waals surface area contributed by atoms with E-state index in [4.69, 9.17) is 10.5 Å². The third-order valence-electron chi connectivity index (χ3n) is 2.44. The average molecular weight is 328 g/mol. The Bertz CT molecular complexity index is 627. The number of hydrogen-bond acceptors (Lipinski definition) is 4. The van der Waals surface area contributed by atoms with E-state index in [9.17, 15) is 9.18 Å². The number of halogens is 2. The number of carbonyl (C=O) groups excluding carboxylic acids is 1. The summed E-state index contributed by atoms with van der Waals surface area (Å²) in [5.41, 5.74) is 6.31. The maximum absolute atomic E-state index is 13.3. The molecule has 5 nitrogen and oxygen atoms in total. The molecule has 0 bridgehead atoms. The Labute approximate surface area is 117 Å². The number of imidazole rings is 1. The zero-order valence-corrected chi connectivity index (χ0v) is 11.6. The van der Waals surface area contributed by atoms with Crippen molar-refractivity contribution in [3.05, 3.63) is 40.5 Å². The molecule has 2 N–H and O–H groups in total. The SMILES string of the molecule is CCOC(=O)c1ncn(-c2cc(F)ccc2Br)c1N. The summed E-state index contributed by atoms with van der Waals surface area (Å²) < 4.78 is 20.1. The quantitative estimate of drug-likeness (QED) is 0.879. The number of anilines is 1. The lowest BCUT2D eigenvalue weighted by Crippen LogP contribution is -2.09. The molecule has 1 aromatic heterocycles. The second-order valence-electron chi connectivity index (χ2n) is 3.66. The molecule has 100 valence electrons. The van der Waals surface area contributed by atoms with E-state index in [1.807, 2.05) is 0 Å². The summed E-state index contributed by atoms with van der Waals surface area (Å²) in [7, 11) is 0. The highest BCUT2D eigenvalue weighted by Gasteiger charge is 2.18. The molecule has 1 aromatic carbocycles. The van der Waals surface area contributed by atoms with E-state index in [1.165, 1.54) is 23.0 Å². The van der Waals surface area contributed by atoms with Gasteiger partial charge in [0.1, 0.15) is 18.0 Å². The van der Waals surface area contributed by atoms with E-state index < -0.39 is 11.8 Å². The number of nitrogens with two attached hydrogens (primary N) is 1. The number of carbonyl (C=O) groups is 1. The smallest absolute Gasteiger partial charge is 0.360 e. The number of nitrogen functional groups attached to an aromatic ring is 1. The molecule has 0 amide bonds. The molecule has 0 saturated carbocycles. The predicted molar refractivity (Wildman–Crippen MR) is 71.6 cm³/mol. The van der Waals surface area contributed by atoms with Crippen molar-refractivity contribution in [3.8, 4) is 5.69 Å². The van der Waals surface area contributed by atoms with Gasteiger partial charge < -0.3 is 10.5 Å². The first-order chi connectivity index (χ1) is 9.04. The molecule has 2 rings (SSSR count). The predicted octanol–water partition coefficient (Wildman–Crippen LogP) is 2.53. The van der Waals surface area contributed by atoms with Crippen molar-refractivity contribution in [3.63, 3.8) is 0 Å². The Morgan fingerprint density at radius 1 is 1.58 bits per heavy atom. The molecule has 0 fully saturated rings. The van der Waals surface area contributed by atoms with E-state index in [-0.39, 0.29) is 18.1 Å². The molecule has 0 saturated heterocycles. The van der Waals surface area contributed by atoms with Crippen LogP contribution in [0.1, 0.15) is 17.4 Å². The van der Waals surface area contributed by atoms with Gasteiger partial charge in [-0.1, -0.05) is 0 Å². The standard InChI is InChI=1S/C12H11BrFN3O2/c1-2-19-12(18)10-11(15)17(6-16-10)9-5-7(14)3-4-8(9)13/h3-6H,2,15H2,1H3. The topological polar surface area (TPSA) is 70.1 Å². The van der Waals surface area contributed by atoms with Gasteiger partial charge in [-0.15, -0.1) is 0 Å². The highest BCUT2D eigenvalue weighted by molar-refractivity contribution is 9.10. The fourth-order valence-corrected chi connectivity index (χ4v) is 2.01. The summed E-state index contributed by atoms with van der Waals surface area (Å²) in [6, 6.07) is 4.15. The summed E-state index contributed by atoms with van der Waals surface area (Å²) >= 11 is 3.29. The molecule has 1 heterocycles. The molecule has 0 radical (unpaired) electrons. The zero-order chi connectivity index (χ0) is 14.0.